The van der Waals surface area contributed by atoms with Crippen molar-refractivity contribution in [1.29, 1.82) is 0 Å². The highest BCUT2D eigenvalue weighted by molar-refractivity contribution is 8.00. The maximum Gasteiger partial charge on any atom is 0.231 e. The van der Waals surface area contributed by atoms with Crippen molar-refractivity contribution < 1.29 is 9.18 Å². The van der Waals surface area contributed by atoms with Gasteiger partial charge in [-0.25, -0.2) is 4.39 Å². The number of nitrogens with zero attached hydrogens (tertiary/aromatic N) is 1. The Morgan fingerprint density at radius 1 is 1.00 bits per heavy atom. The van der Waals surface area contributed by atoms with E-state index in [1.807, 2.05) is 48.5 Å². The summed E-state index contributed by atoms with van der Waals surface area (Å²) in [6.07, 6.45) is 1.71. The molecule has 0 saturated carbocycles. The van der Waals surface area contributed by atoms with Crippen LogP contribution in [0.25, 0.3) is 0 Å². The minimum Gasteiger partial charge on any atom is -0.343 e. The zero-order valence-electron chi connectivity index (χ0n) is 13.4. The number of rotatable bonds is 6. The molecule has 25 heavy (non-hydrogen) atoms. The SMILES string of the molecule is O=C(CSc1ccc(F)cc1)NC(c1ccccc1)c1ccccn1. The van der Waals surface area contributed by atoms with Crippen LogP contribution >= 0.6 is 11.8 Å². The number of hydrogen-bond donors (Lipinski definition) is 1. The smallest absolute Gasteiger partial charge is 0.231 e. The van der Waals surface area contributed by atoms with E-state index in [0.29, 0.717) is 0 Å². The molecule has 3 nitrogen and oxygen atoms in total. The van der Waals surface area contributed by atoms with Crippen LogP contribution in [-0.4, -0.2) is 16.6 Å². The molecule has 5 heteroatoms. The van der Waals surface area contributed by atoms with Gasteiger partial charge in [-0.2, -0.15) is 0 Å². The lowest BCUT2D eigenvalue weighted by molar-refractivity contribution is -0.119. The van der Waals surface area contributed by atoms with Crippen LogP contribution in [0, 0.1) is 5.82 Å². The molecule has 0 saturated heterocycles. The average Bonchev–Trinajstić information content (AvgIpc) is 2.67. The van der Waals surface area contributed by atoms with Gasteiger partial charge in [0.15, 0.2) is 0 Å². The fourth-order valence-electron chi connectivity index (χ4n) is 2.40. The van der Waals surface area contributed by atoms with Gasteiger partial charge in [-0.1, -0.05) is 36.4 Å². The highest BCUT2D eigenvalue weighted by Gasteiger charge is 2.17. The van der Waals surface area contributed by atoms with E-state index >= 15 is 0 Å². The van der Waals surface area contributed by atoms with Gasteiger partial charge in [0.1, 0.15) is 5.82 Å². The third-order valence-corrected chi connectivity index (χ3v) is 4.62. The molecular weight excluding hydrogens is 335 g/mol. The van der Waals surface area contributed by atoms with E-state index in [4.69, 9.17) is 0 Å². The first kappa shape index (κ1) is 17.2. The zero-order chi connectivity index (χ0) is 17.5. The van der Waals surface area contributed by atoms with Gasteiger partial charge in [-0.3, -0.25) is 9.78 Å². The summed E-state index contributed by atoms with van der Waals surface area (Å²) in [7, 11) is 0. The number of pyridine rings is 1. The van der Waals surface area contributed by atoms with Crippen molar-refractivity contribution in [3.63, 3.8) is 0 Å². The largest absolute Gasteiger partial charge is 0.343 e. The molecule has 0 bridgehead atoms. The van der Waals surface area contributed by atoms with Crippen LogP contribution in [0.3, 0.4) is 0 Å². The number of thioether (sulfide) groups is 1. The topological polar surface area (TPSA) is 42.0 Å². The molecule has 2 aromatic carbocycles. The van der Waals surface area contributed by atoms with E-state index in [2.05, 4.69) is 10.3 Å². The lowest BCUT2D eigenvalue weighted by Gasteiger charge is -2.18. The van der Waals surface area contributed by atoms with Crippen LogP contribution in [0.2, 0.25) is 0 Å². The maximum atomic E-state index is 12.9. The number of carbonyl (C=O) groups excluding carboxylic acids is 1. The first-order chi connectivity index (χ1) is 12.2. The number of nitrogens with one attached hydrogen (secondary N) is 1. The predicted molar refractivity (Wildman–Crippen MR) is 97.8 cm³/mol. The molecule has 1 heterocycles. The van der Waals surface area contributed by atoms with Gasteiger partial charge in [0, 0.05) is 11.1 Å². The van der Waals surface area contributed by atoms with Crippen LogP contribution in [0.4, 0.5) is 4.39 Å². The van der Waals surface area contributed by atoms with Gasteiger partial charge < -0.3 is 5.32 Å². The summed E-state index contributed by atoms with van der Waals surface area (Å²) in [6, 6.07) is 21.2. The molecule has 1 aromatic heterocycles. The fraction of sp³-hybridized carbons (Fsp3) is 0.100. The van der Waals surface area contributed by atoms with Crippen LogP contribution in [0.1, 0.15) is 17.3 Å². The van der Waals surface area contributed by atoms with Crippen molar-refractivity contribution in [2.24, 2.45) is 0 Å². The molecule has 3 rings (SSSR count). The van der Waals surface area contributed by atoms with Crippen LogP contribution in [0.5, 0.6) is 0 Å². The molecular formula is C20H17FN2OS. The second-order valence-corrected chi connectivity index (χ2v) is 6.46. The maximum absolute atomic E-state index is 12.9. The van der Waals surface area contributed by atoms with Crippen LogP contribution < -0.4 is 5.32 Å². The molecule has 1 atom stereocenters. The van der Waals surface area contributed by atoms with Crippen molar-refractivity contribution in [2.75, 3.05) is 5.75 Å². The van der Waals surface area contributed by atoms with Gasteiger partial charge in [-0.15, -0.1) is 11.8 Å². The Kier molecular flexibility index (Phi) is 5.80. The second kappa shape index (κ2) is 8.44. The van der Waals surface area contributed by atoms with Crippen molar-refractivity contribution >= 4 is 17.7 Å². The molecule has 1 N–H and O–H groups in total. The molecule has 0 aliphatic carbocycles. The normalized spacial score (nSPS) is 11.7. The Balaban J connectivity index is 1.69. The number of halogens is 1. The number of hydrogen-bond acceptors (Lipinski definition) is 3. The highest BCUT2D eigenvalue weighted by atomic mass is 32.2. The Bertz CT molecular complexity index is 771. The summed E-state index contributed by atoms with van der Waals surface area (Å²) in [5, 5.41) is 3.03. The molecule has 1 unspecified atom stereocenters. The third-order valence-electron chi connectivity index (χ3n) is 3.61. The summed E-state index contributed by atoms with van der Waals surface area (Å²) in [5.41, 5.74) is 1.76. The van der Waals surface area contributed by atoms with Crippen LogP contribution in [0.15, 0.2) is 83.9 Å². The molecule has 1 amide bonds. The monoisotopic (exact) mass is 352 g/mol. The van der Waals surface area contributed by atoms with Gasteiger partial charge in [-0.05, 0) is 42.0 Å². The fourth-order valence-corrected chi connectivity index (χ4v) is 3.11. The average molecular weight is 352 g/mol. The standard InChI is InChI=1S/C20H17FN2OS/c21-16-9-11-17(12-10-16)25-14-19(24)23-20(15-6-2-1-3-7-15)18-8-4-5-13-22-18/h1-13,20H,14H2,(H,23,24). The Labute approximate surface area is 150 Å². The van der Waals surface area contributed by atoms with E-state index in [1.54, 1.807) is 18.3 Å². The summed E-state index contributed by atoms with van der Waals surface area (Å²) in [5.74, 6) is -0.135. The summed E-state index contributed by atoms with van der Waals surface area (Å²) < 4.78 is 12.9. The lowest BCUT2D eigenvalue weighted by atomic mass is 10.0. The minimum atomic E-state index is -0.302. The summed E-state index contributed by atoms with van der Waals surface area (Å²) in [6.45, 7) is 0. The van der Waals surface area contributed by atoms with E-state index in [0.717, 1.165) is 16.2 Å². The van der Waals surface area contributed by atoms with E-state index in [-0.39, 0.29) is 23.5 Å². The first-order valence-electron chi connectivity index (χ1n) is 7.86. The summed E-state index contributed by atoms with van der Waals surface area (Å²) >= 11 is 1.37. The molecule has 3 aromatic rings. The molecule has 0 spiro atoms. The second-order valence-electron chi connectivity index (χ2n) is 5.41. The minimum absolute atomic E-state index is 0.103. The lowest BCUT2D eigenvalue weighted by Crippen LogP contribution is -2.31. The molecule has 0 radical (unpaired) electrons. The third kappa shape index (κ3) is 4.90. The van der Waals surface area contributed by atoms with Crippen molar-refractivity contribution in [3.05, 3.63) is 96.1 Å². The Hall–Kier alpha value is -2.66. The molecule has 0 fully saturated rings. The molecule has 0 aliphatic rings. The number of aromatic nitrogens is 1. The van der Waals surface area contributed by atoms with Gasteiger partial charge in [0.25, 0.3) is 0 Å². The van der Waals surface area contributed by atoms with E-state index in [9.17, 15) is 9.18 Å². The summed E-state index contributed by atoms with van der Waals surface area (Å²) in [4.78, 5) is 17.6. The molecule has 0 aliphatic heterocycles. The molecule has 126 valence electrons. The van der Waals surface area contributed by atoms with Gasteiger partial charge in [0.2, 0.25) is 5.91 Å². The Morgan fingerprint density at radius 2 is 1.72 bits per heavy atom. The van der Waals surface area contributed by atoms with E-state index < -0.39 is 0 Å². The van der Waals surface area contributed by atoms with Crippen molar-refractivity contribution in [1.82, 2.24) is 10.3 Å². The van der Waals surface area contributed by atoms with Gasteiger partial charge in [0.05, 0.1) is 17.5 Å². The van der Waals surface area contributed by atoms with Crippen molar-refractivity contribution in [3.8, 4) is 0 Å². The number of benzene rings is 2. The zero-order valence-corrected chi connectivity index (χ0v) is 14.2. The predicted octanol–water partition coefficient (Wildman–Crippen LogP) is 4.22. The van der Waals surface area contributed by atoms with Gasteiger partial charge >= 0.3 is 0 Å². The Morgan fingerprint density at radius 3 is 2.40 bits per heavy atom. The van der Waals surface area contributed by atoms with E-state index in [1.165, 1.54) is 23.9 Å². The van der Waals surface area contributed by atoms with Crippen LogP contribution in [-0.2, 0) is 4.79 Å². The van der Waals surface area contributed by atoms with Crippen molar-refractivity contribution in [2.45, 2.75) is 10.9 Å². The number of amides is 1. The highest BCUT2D eigenvalue weighted by Crippen LogP contribution is 2.22. The quantitative estimate of drug-likeness (QED) is 0.676. The number of carbonyl (C=O) groups is 1. The first-order valence-corrected chi connectivity index (χ1v) is 8.84.